The monoisotopic (exact) mass is 264 g/mol. The van der Waals surface area contributed by atoms with Crippen LogP contribution in [-0.2, 0) is 12.8 Å². The Morgan fingerprint density at radius 1 is 1.22 bits per heavy atom. The summed E-state index contributed by atoms with van der Waals surface area (Å²) >= 11 is 1.45. The van der Waals surface area contributed by atoms with Crippen LogP contribution in [0.15, 0.2) is 11.2 Å². The van der Waals surface area contributed by atoms with Gasteiger partial charge in [0.25, 0.3) is 0 Å². The molecular weight excluding hydrogens is 248 g/mol. The molecule has 0 bridgehead atoms. The van der Waals surface area contributed by atoms with Crippen LogP contribution >= 0.6 is 11.8 Å². The van der Waals surface area contributed by atoms with Gasteiger partial charge in [-0.2, -0.15) is 4.68 Å². The first kappa shape index (κ1) is 12.8. The Bertz CT molecular complexity index is 550. The maximum Gasteiger partial charge on any atom is 0.191 e. The standard InChI is InChI=1S/C11H16N6S/c1-4-8-14-9(5-2)17(16-8)10-6-7(12)13-11(15-10)18-3/h6H,4-5H2,1-3H3,(H2,12,13,15). The van der Waals surface area contributed by atoms with Gasteiger partial charge in [-0.25, -0.2) is 15.0 Å². The van der Waals surface area contributed by atoms with Crippen LogP contribution in [0, 0.1) is 0 Å². The van der Waals surface area contributed by atoms with Crippen molar-refractivity contribution < 1.29 is 0 Å². The van der Waals surface area contributed by atoms with Crippen LogP contribution in [0.1, 0.15) is 25.5 Å². The summed E-state index contributed by atoms with van der Waals surface area (Å²) in [6.45, 7) is 4.07. The van der Waals surface area contributed by atoms with Crippen molar-refractivity contribution in [2.45, 2.75) is 31.8 Å². The highest BCUT2D eigenvalue weighted by atomic mass is 32.2. The van der Waals surface area contributed by atoms with E-state index >= 15 is 0 Å². The topological polar surface area (TPSA) is 82.5 Å². The molecule has 0 radical (unpaired) electrons. The molecule has 0 aliphatic heterocycles. The molecule has 0 amide bonds. The van der Waals surface area contributed by atoms with E-state index < -0.39 is 0 Å². The van der Waals surface area contributed by atoms with Crippen LogP contribution < -0.4 is 5.73 Å². The molecule has 6 nitrogen and oxygen atoms in total. The molecule has 0 aromatic carbocycles. The highest BCUT2D eigenvalue weighted by molar-refractivity contribution is 7.98. The van der Waals surface area contributed by atoms with Crippen LogP contribution in [0.5, 0.6) is 0 Å². The molecule has 2 rings (SSSR count). The van der Waals surface area contributed by atoms with Gasteiger partial charge in [0, 0.05) is 18.9 Å². The SMILES string of the molecule is CCc1nc(CC)n(-c2cc(N)nc(SC)n2)n1. The quantitative estimate of drug-likeness (QED) is 0.665. The molecule has 2 aromatic heterocycles. The first-order valence-corrected chi connectivity index (χ1v) is 7.04. The maximum atomic E-state index is 5.78. The summed E-state index contributed by atoms with van der Waals surface area (Å²) in [5, 5.41) is 5.08. The van der Waals surface area contributed by atoms with Crippen molar-refractivity contribution in [3.63, 3.8) is 0 Å². The molecule has 2 N–H and O–H groups in total. The number of rotatable bonds is 4. The van der Waals surface area contributed by atoms with Gasteiger partial charge in [0.05, 0.1) is 0 Å². The highest BCUT2D eigenvalue weighted by Crippen LogP contribution is 2.16. The lowest BCUT2D eigenvalue weighted by Crippen LogP contribution is -2.07. The third-order valence-electron chi connectivity index (χ3n) is 2.46. The molecule has 0 aliphatic carbocycles. The van der Waals surface area contributed by atoms with Crippen molar-refractivity contribution >= 4 is 17.6 Å². The van der Waals surface area contributed by atoms with E-state index in [1.807, 2.05) is 20.1 Å². The Balaban J connectivity index is 2.53. The molecule has 96 valence electrons. The number of nitrogen functional groups attached to an aromatic ring is 1. The molecule has 2 aromatic rings. The van der Waals surface area contributed by atoms with Crippen molar-refractivity contribution in [1.82, 2.24) is 24.7 Å². The van der Waals surface area contributed by atoms with E-state index in [1.54, 1.807) is 10.7 Å². The van der Waals surface area contributed by atoms with E-state index in [-0.39, 0.29) is 0 Å². The average molecular weight is 264 g/mol. The minimum Gasteiger partial charge on any atom is -0.383 e. The lowest BCUT2D eigenvalue weighted by molar-refractivity contribution is 0.750. The zero-order valence-corrected chi connectivity index (χ0v) is 11.5. The molecule has 0 fully saturated rings. The van der Waals surface area contributed by atoms with E-state index in [2.05, 4.69) is 20.1 Å². The van der Waals surface area contributed by atoms with Gasteiger partial charge in [-0.1, -0.05) is 25.6 Å². The number of hydrogen-bond acceptors (Lipinski definition) is 6. The van der Waals surface area contributed by atoms with Crippen LogP contribution in [0.3, 0.4) is 0 Å². The predicted octanol–water partition coefficient (Wildman–Crippen LogP) is 1.49. The fourth-order valence-corrected chi connectivity index (χ4v) is 1.97. The molecule has 0 unspecified atom stereocenters. The van der Waals surface area contributed by atoms with E-state index in [0.29, 0.717) is 16.8 Å². The number of aryl methyl sites for hydroxylation is 2. The van der Waals surface area contributed by atoms with Gasteiger partial charge in [-0.3, -0.25) is 0 Å². The van der Waals surface area contributed by atoms with E-state index in [0.717, 1.165) is 24.5 Å². The van der Waals surface area contributed by atoms with Crippen LogP contribution in [0.25, 0.3) is 5.82 Å². The Labute approximate surface area is 110 Å². The lowest BCUT2D eigenvalue weighted by atomic mass is 10.4. The lowest BCUT2D eigenvalue weighted by Gasteiger charge is -2.05. The van der Waals surface area contributed by atoms with Crippen LogP contribution in [0.4, 0.5) is 5.82 Å². The van der Waals surface area contributed by atoms with Gasteiger partial charge < -0.3 is 5.73 Å². The molecule has 0 aliphatic rings. The maximum absolute atomic E-state index is 5.78. The van der Waals surface area contributed by atoms with Crippen LogP contribution in [-0.4, -0.2) is 31.0 Å². The third kappa shape index (κ3) is 2.45. The fourth-order valence-electron chi connectivity index (χ4n) is 1.58. The van der Waals surface area contributed by atoms with Crippen molar-refractivity contribution in [3.8, 4) is 5.82 Å². The molecule has 7 heteroatoms. The summed E-state index contributed by atoms with van der Waals surface area (Å²) in [5.74, 6) is 2.82. The Kier molecular flexibility index (Phi) is 3.81. The number of thioether (sulfide) groups is 1. The number of nitrogens with zero attached hydrogens (tertiary/aromatic N) is 5. The summed E-state index contributed by atoms with van der Waals surface area (Å²) in [5.41, 5.74) is 5.78. The summed E-state index contributed by atoms with van der Waals surface area (Å²) in [7, 11) is 0. The highest BCUT2D eigenvalue weighted by Gasteiger charge is 2.12. The average Bonchev–Trinajstić information content (AvgIpc) is 2.81. The van der Waals surface area contributed by atoms with Crippen molar-refractivity contribution in [3.05, 3.63) is 17.7 Å². The van der Waals surface area contributed by atoms with Gasteiger partial charge in [0.15, 0.2) is 16.8 Å². The minimum absolute atomic E-state index is 0.444. The van der Waals surface area contributed by atoms with Gasteiger partial charge in [0.2, 0.25) is 0 Å². The molecule has 0 spiro atoms. The number of hydrogen-bond donors (Lipinski definition) is 1. The summed E-state index contributed by atoms with van der Waals surface area (Å²) < 4.78 is 1.75. The Morgan fingerprint density at radius 3 is 2.61 bits per heavy atom. The van der Waals surface area contributed by atoms with Crippen LogP contribution in [0.2, 0.25) is 0 Å². The largest absolute Gasteiger partial charge is 0.383 e. The van der Waals surface area contributed by atoms with Crippen molar-refractivity contribution in [1.29, 1.82) is 0 Å². The summed E-state index contributed by atoms with van der Waals surface area (Å²) in [6.07, 6.45) is 3.51. The zero-order valence-electron chi connectivity index (χ0n) is 10.7. The van der Waals surface area contributed by atoms with Gasteiger partial charge in [-0.15, -0.1) is 5.10 Å². The smallest absolute Gasteiger partial charge is 0.191 e. The van der Waals surface area contributed by atoms with Crippen molar-refractivity contribution in [2.24, 2.45) is 0 Å². The predicted molar refractivity (Wildman–Crippen MR) is 71.9 cm³/mol. The second-order valence-corrected chi connectivity index (χ2v) is 4.47. The number of nitrogens with two attached hydrogens (primary N) is 1. The number of aromatic nitrogens is 5. The molecular formula is C11H16N6S. The summed E-state index contributed by atoms with van der Waals surface area (Å²) in [4.78, 5) is 13.0. The molecule has 2 heterocycles. The Hall–Kier alpha value is -1.63. The van der Waals surface area contributed by atoms with Gasteiger partial charge >= 0.3 is 0 Å². The third-order valence-corrected chi connectivity index (χ3v) is 3.01. The first-order valence-electron chi connectivity index (χ1n) is 5.81. The van der Waals surface area contributed by atoms with E-state index in [4.69, 9.17) is 5.73 Å². The van der Waals surface area contributed by atoms with E-state index in [1.165, 1.54) is 11.8 Å². The second-order valence-electron chi connectivity index (χ2n) is 3.70. The zero-order chi connectivity index (χ0) is 13.1. The van der Waals surface area contributed by atoms with Crippen molar-refractivity contribution in [2.75, 3.05) is 12.0 Å². The van der Waals surface area contributed by atoms with Gasteiger partial charge in [0.1, 0.15) is 11.6 Å². The Morgan fingerprint density at radius 2 is 2.00 bits per heavy atom. The fraction of sp³-hybridized carbons (Fsp3) is 0.455. The number of anilines is 1. The molecule has 18 heavy (non-hydrogen) atoms. The van der Waals surface area contributed by atoms with Gasteiger partial charge in [-0.05, 0) is 6.26 Å². The molecule has 0 saturated heterocycles. The second kappa shape index (κ2) is 5.34. The molecule has 0 atom stereocenters. The normalized spacial score (nSPS) is 10.8. The van der Waals surface area contributed by atoms with E-state index in [9.17, 15) is 0 Å². The first-order chi connectivity index (χ1) is 8.67. The minimum atomic E-state index is 0.444. The summed E-state index contributed by atoms with van der Waals surface area (Å²) in [6, 6.07) is 1.72. The molecule has 0 saturated carbocycles.